The van der Waals surface area contributed by atoms with Crippen LogP contribution < -0.4 is 22.5 Å². The fourth-order valence-electron chi connectivity index (χ4n) is 5.33. The predicted octanol–water partition coefficient (Wildman–Crippen LogP) is 0.221. The van der Waals surface area contributed by atoms with Gasteiger partial charge in [-0.2, -0.15) is 4.98 Å². The van der Waals surface area contributed by atoms with Crippen LogP contribution in [0.3, 0.4) is 0 Å². The van der Waals surface area contributed by atoms with Gasteiger partial charge in [-0.25, -0.2) is 9.59 Å². The summed E-state index contributed by atoms with van der Waals surface area (Å²) in [7, 11) is 0. The zero-order chi connectivity index (χ0) is 26.4. The number of fused-ring (bicyclic) bond motifs is 1. The maximum atomic E-state index is 12.8. The van der Waals surface area contributed by atoms with Crippen LogP contribution in [0.15, 0.2) is 41.3 Å². The van der Waals surface area contributed by atoms with Crippen molar-refractivity contribution in [3.05, 3.63) is 52.6 Å². The smallest absolute Gasteiger partial charge is 0.338 e. The van der Waals surface area contributed by atoms with Gasteiger partial charge in [0.05, 0.1) is 11.2 Å². The van der Waals surface area contributed by atoms with Gasteiger partial charge >= 0.3 is 11.7 Å². The maximum Gasteiger partial charge on any atom is 0.354 e. The molecule has 1 aromatic carbocycles. The molecule has 11 nitrogen and oxygen atoms in total. The Morgan fingerprint density at radius 3 is 2.54 bits per heavy atom. The number of aromatic nitrogens is 2. The summed E-state index contributed by atoms with van der Waals surface area (Å²) in [5.41, 5.74) is 12.7. The van der Waals surface area contributed by atoms with Crippen molar-refractivity contribution in [2.24, 2.45) is 17.4 Å². The Balaban J connectivity index is 1.16. The number of benzene rings is 1. The van der Waals surface area contributed by atoms with Crippen molar-refractivity contribution in [2.75, 3.05) is 51.1 Å². The Morgan fingerprint density at radius 1 is 1.16 bits per heavy atom. The van der Waals surface area contributed by atoms with Crippen molar-refractivity contribution in [3.8, 4) is 5.69 Å². The van der Waals surface area contributed by atoms with Gasteiger partial charge in [0, 0.05) is 57.5 Å². The molecule has 1 aromatic heterocycles. The summed E-state index contributed by atoms with van der Waals surface area (Å²) in [5.74, 6) is 0.700. The molecule has 11 heteroatoms. The highest BCUT2D eigenvalue weighted by Crippen LogP contribution is 2.47. The Labute approximate surface area is 216 Å². The van der Waals surface area contributed by atoms with Crippen molar-refractivity contribution in [1.29, 1.82) is 0 Å². The van der Waals surface area contributed by atoms with Crippen LogP contribution >= 0.6 is 0 Å². The number of carbonyl (C=O) groups is 2. The maximum absolute atomic E-state index is 12.8. The van der Waals surface area contributed by atoms with E-state index in [-0.39, 0.29) is 23.3 Å². The Kier molecular flexibility index (Phi) is 6.55. The largest absolute Gasteiger partial charge is 0.354 e. The molecule has 2 atom stereocenters. The third kappa shape index (κ3) is 5.53. The van der Waals surface area contributed by atoms with Crippen LogP contribution in [0.25, 0.3) is 5.69 Å². The number of hydrogen-bond donors (Lipinski definition) is 3. The summed E-state index contributed by atoms with van der Waals surface area (Å²) in [5, 5.41) is 2.70. The van der Waals surface area contributed by atoms with Crippen molar-refractivity contribution in [1.82, 2.24) is 24.3 Å². The van der Waals surface area contributed by atoms with Gasteiger partial charge in [0.1, 0.15) is 5.82 Å². The highest BCUT2D eigenvalue weighted by molar-refractivity contribution is 5.89. The van der Waals surface area contributed by atoms with Gasteiger partial charge < -0.3 is 26.2 Å². The van der Waals surface area contributed by atoms with Gasteiger partial charge in [-0.3, -0.25) is 14.7 Å². The topological polar surface area (TPSA) is 143 Å². The minimum absolute atomic E-state index is 0.0487. The average molecular weight is 509 g/mol. The SMILES string of the molecule is CC(C)(N)C(=O)N1CCN(C(=O)Nc2ccn(-c3cccc(CCN4C[C@H]5C[C@@]5(N)C4)c3)c(=O)n2)CC1. The second-order valence-corrected chi connectivity index (χ2v) is 11.2. The summed E-state index contributed by atoms with van der Waals surface area (Å²) < 4.78 is 1.47. The minimum atomic E-state index is -0.945. The first kappa shape index (κ1) is 25.4. The number of carbonyl (C=O) groups excluding carboxylic acids is 2. The molecule has 2 aromatic rings. The number of likely N-dealkylation sites (tertiary alicyclic amines) is 1. The number of nitrogens with one attached hydrogen (secondary N) is 1. The second kappa shape index (κ2) is 9.55. The van der Waals surface area contributed by atoms with Gasteiger partial charge in [-0.15, -0.1) is 0 Å². The highest BCUT2D eigenvalue weighted by Gasteiger charge is 2.56. The highest BCUT2D eigenvalue weighted by atomic mass is 16.2. The average Bonchev–Trinajstić information content (AvgIpc) is 3.38. The van der Waals surface area contributed by atoms with Crippen molar-refractivity contribution in [2.45, 2.75) is 37.8 Å². The Hall–Kier alpha value is -3.28. The van der Waals surface area contributed by atoms with E-state index in [2.05, 4.69) is 21.3 Å². The lowest BCUT2D eigenvalue weighted by molar-refractivity contribution is -0.137. The van der Waals surface area contributed by atoms with Crippen molar-refractivity contribution >= 4 is 17.8 Å². The van der Waals surface area contributed by atoms with Gasteiger partial charge in [0.15, 0.2) is 0 Å². The van der Waals surface area contributed by atoms with E-state index in [1.165, 1.54) is 4.57 Å². The standard InChI is InChI=1S/C26H36N8O3/c1-25(2,27)22(35)32-10-12-33(13-11-32)23(36)29-21-7-9-34(24(37)30-21)20-5-3-4-18(14-20)6-8-31-16-19-15-26(19,28)17-31/h3-5,7,9,14,19H,6,8,10-13,15-17,27-28H2,1-2H3,(H,29,30,36,37)/t19-,26-/m1/s1. The molecule has 5 N–H and O–H groups in total. The molecule has 3 heterocycles. The third-order valence-electron chi connectivity index (χ3n) is 7.63. The normalized spacial score (nSPS) is 23.6. The molecule has 198 valence electrons. The van der Waals surface area contributed by atoms with E-state index in [0.29, 0.717) is 32.1 Å². The molecule has 5 rings (SSSR count). The Bertz CT molecular complexity index is 1250. The van der Waals surface area contributed by atoms with E-state index in [0.717, 1.165) is 43.7 Å². The third-order valence-corrected chi connectivity index (χ3v) is 7.63. The quantitative estimate of drug-likeness (QED) is 0.507. The predicted molar refractivity (Wildman–Crippen MR) is 140 cm³/mol. The molecular weight excluding hydrogens is 472 g/mol. The van der Waals surface area contributed by atoms with E-state index in [9.17, 15) is 14.4 Å². The van der Waals surface area contributed by atoms with Crippen LogP contribution in [-0.2, 0) is 11.2 Å². The van der Waals surface area contributed by atoms with Gasteiger partial charge in [-0.1, -0.05) is 12.1 Å². The van der Waals surface area contributed by atoms with Gasteiger partial charge in [0.25, 0.3) is 0 Å². The fraction of sp³-hybridized carbons (Fsp3) is 0.538. The van der Waals surface area contributed by atoms with Crippen LogP contribution in [0.4, 0.5) is 10.6 Å². The number of piperidine rings is 1. The van der Waals surface area contributed by atoms with Crippen molar-refractivity contribution in [3.63, 3.8) is 0 Å². The first-order valence-corrected chi connectivity index (χ1v) is 12.9. The molecule has 2 saturated heterocycles. The number of urea groups is 1. The van der Waals surface area contributed by atoms with E-state index in [4.69, 9.17) is 11.5 Å². The zero-order valence-corrected chi connectivity index (χ0v) is 21.5. The van der Waals surface area contributed by atoms with Crippen molar-refractivity contribution < 1.29 is 9.59 Å². The Morgan fingerprint density at radius 2 is 1.89 bits per heavy atom. The number of nitrogens with zero attached hydrogens (tertiary/aromatic N) is 5. The number of nitrogens with two attached hydrogens (primary N) is 2. The van der Waals surface area contributed by atoms with E-state index in [1.54, 1.807) is 35.9 Å². The number of anilines is 1. The lowest BCUT2D eigenvalue weighted by Crippen LogP contribution is -2.58. The summed E-state index contributed by atoms with van der Waals surface area (Å²) >= 11 is 0. The molecule has 0 bridgehead atoms. The number of hydrogen-bond acceptors (Lipinski definition) is 7. The lowest BCUT2D eigenvalue weighted by atomic mass is 10.1. The minimum Gasteiger partial charge on any atom is -0.338 e. The van der Waals surface area contributed by atoms with Crippen LogP contribution in [0.5, 0.6) is 0 Å². The van der Waals surface area contributed by atoms with E-state index < -0.39 is 11.2 Å². The van der Waals surface area contributed by atoms with Gasteiger partial charge in [0.2, 0.25) is 5.91 Å². The van der Waals surface area contributed by atoms with Crippen LogP contribution in [-0.4, -0.2) is 93.1 Å². The van der Waals surface area contributed by atoms with Crippen LogP contribution in [0.1, 0.15) is 25.8 Å². The number of rotatable bonds is 6. The molecule has 3 aliphatic rings. The molecule has 0 radical (unpaired) electrons. The molecule has 1 saturated carbocycles. The fourth-order valence-corrected chi connectivity index (χ4v) is 5.33. The monoisotopic (exact) mass is 508 g/mol. The van der Waals surface area contributed by atoms with Gasteiger partial charge in [-0.05, 0) is 56.4 Å². The molecular formula is C26H36N8O3. The summed E-state index contributed by atoms with van der Waals surface area (Å²) in [6.07, 6.45) is 3.65. The number of piperazine rings is 1. The summed E-state index contributed by atoms with van der Waals surface area (Å²) in [4.78, 5) is 47.6. The lowest BCUT2D eigenvalue weighted by Gasteiger charge is -2.37. The van der Waals surface area contributed by atoms with E-state index >= 15 is 0 Å². The molecule has 2 aliphatic heterocycles. The first-order chi connectivity index (χ1) is 17.5. The molecule has 3 amide bonds. The summed E-state index contributed by atoms with van der Waals surface area (Å²) in [6.45, 7) is 7.90. The molecule has 0 unspecified atom stereocenters. The summed E-state index contributed by atoms with van der Waals surface area (Å²) in [6, 6.07) is 9.13. The molecule has 0 spiro atoms. The number of amides is 3. The van der Waals surface area contributed by atoms with E-state index in [1.807, 2.05) is 18.2 Å². The van der Waals surface area contributed by atoms with Crippen LogP contribution in [0.2, 0.25) is 0 Å². The van der Waals surface area contributed by atoms with Crippen LogP contribution in [0, 0.1) is 5.92 Å². The first-order valence-electron chi connectivity index (χ1n) is 12.9. The molecule has 37 heavy (non-hydrogen) atoms. The second-order valence-electron chi connectivity index (χ2n) is 11.2. The molecule has 3 fully saturated rings. The molecule has 1 aliphatic carbocycles. The zero-order valence-electron chi connectivity index (χ0n) is 21.5.